The van der Waals surface area contributed by atoms with Crippen LogP contribution in [0.1, 0.15) is 27.2 Å². The third kappa shape index (κ3) is 1.45. The third-order valence-electron chi connectivity index (χ3n) is 2.45. The quantitative estimate of drug-likeness (QED) is 0.607. The van der Waals surface area contributed by atoms with Crippen LogP contribution in [0, 0.1) is 11.8 Å². The largest absolute Gasteiger partial charge is 0.313 e. The fraction of sp³-hybridized carbons (Fsp3) is 1.00. The number of hydrogen-bond acceptors (Lipinski definition) is 1. The van der Waals surface area contributed by atoms with E-state index in [4.69, 9.17) is 0 Å². The lowest BCUT2D eigenvalue weighted by atomic mass is 10.4. The van der Waals surface area contributed by atoms with E-state index in [-0.39, 0.29) is 0 Å². The Morgan fingerprint density at radius 3 is 2.11 bits per heavy atom. The maximum absolute atomic E-state index is 3.51. The third-order valence-corrected chi connectivity index (χ3v) is 2.45. The molecule has 54 valence electrons. The summed E-state index contributed by atoms with van der Waals surface area (Å²) >= 11 is 0. The highest BCUT2D eigenvalue weighted by Gasteiger charge is 2.41. The smallest absolute Gasteiger partial charge is 0.0125 e. The van der Waals surface area contributed by atoms with Gasteiger partial charge in [-0.25, -0.2) is 0 Å². The number of rotatable bonds is 3. The molecule has 0 aromatic heterocycles. The Morgan fingerprint density at radius 1 is 1.22 bits per heavy atom. The van der Waals surface area contributed by atoms with E-state index in [1.54, 1.807) is 0 Å². The maximum atomic E-state index is 3.51. The minimum atomic E-state index is 0.838. The van der Waals surface area contributed by atoms with E-state index < -0.39 is 0 Å². The number of nitrogens with one attached hydrogen (secondary N) is 1. The second kappa shape index (κ2) is 2.70. The van der Waals surface area contributed by atoms with Crippen LogP contribution in [-0.2, 0) is 0 Å². The van der Waals surface area contributed by atoms with Gasteiger partial charge in [-0.3, -0.25) is 0 Å². The van der Waals surface area contributed by atoms with Crippen molar-refractivity contribution < 1.29 is 0 Å². The Kier molecular flexibility index (Phi) is 2.12. The molecule has 1 unspecified atom stereocenters. The van der Waals surface area contributed by atoms with Crippen LogP contribution < -0.4 is 5.32 Å². The van der Waals surface area contributed by atoms with E-state index >= 15 is 0 Å². The molecule has 9 heavy (non-hydrogen) atoms. The summed E-state index contributed by atoms with van der Waals surface area (Å²) in [6.07, 6.45) is 1.26. The molecule has 1 heteroatoms. The van der Waals surface area contributed by atoms with Crippen molar-refractivity contribution in [2.45, 2.75) is 33.2 Å². The average molecular weight is 127 g/mol. The molecule has 0 saturated heterocycles. The molecular weight excluding hydrogens is 110 g/mol. The summed E-state index contributed by atoms with van der Waals surface area (Å²) in [7, 11) is 0. The SMILES string of the molecule is CCCNC1[C@@H](C)[C@H]1C. The molecular formula is C8H17N. The zero-order valence-corrected chi connectivity index (χ0v) is 6.65. The van der Waals surface area contributed by atoms with Crippen LogP contribution in [-0.4, -0.2) is 12.6 Å². The summed E-state index contributed by atoms with van der Waals surface area (Å²) in [6, 6.07) is 0.838. The van der Waals surface area contributed by atoms with Crippen LogP contribution in [0.4, 0.5) is 0 Å². The van der Waals surface area contributed by atoms with Gasteiger partial charge in [0.15, 0.2) is 0 Å². The van der Waals surface area contributed by atoms with Crippen LogP contribution in [0.2, 0.25) is 0 Å². The van der Waals surface area contributed by atoms with Crippen molar-refractivity contribution in [3.8, 4) is 0 Å². The van der Waals surface area contributed by atoms with E-state index in [0.29, 0.717) is 0 Å². The highest BCUT2D eigenvalue weighted by atomic mass is 15.0. The van der Waals surface area contributed by atoms with E-state index in [1.165, 1.54) is 13.0 Å². The summed E-state index contributed by atoms with van der Waals surface area (Å²) in [5.41, 5.74) is 0. The summed E-state index contributed by atoms with van der Waals surface area (Å²) in [6.45, 7) is 8.04. The average Bonchev–Trinajstić information content (AvgIpc) is 2.39. The first-order valence-corrected chi connectivity index (χ1v) is 4.00. The Labute approximate surface area is 57.8 Å². The van der Waals surface area contributed by atoms with Gasteiger partial charge in [-0.05, 0) is 24.8 Å². The normalized spacial score (nSPS) is 41.0. The molecule has 1 aliphatic rings. The topological polar surface area (TPSA) is 12.0 Å². The molecule has 1 saturated carbocycles. The molecule has 0 spiro atoms. The van der Waals surface area contributed by atoms with Gasteiger partial charge in [-0.2, -0.15) is 0 Å². The summed E-state index contributed by atoms with van der Waals surface area (Å²) in [4.78, 5) is 0. The van der Waals surface area contributed by atoms with Crippen molar-refractivity contribution in [1.29, 1.82) is 0 Å². The Hall–Kier alpha value is -0.0400. The number of hydrogen-bond donors (Lipinski definition) is 1. The standard InChI is InChI=1S/C8H17N/c1-4-5-9-8-6(2)7(8)3/h6-9H,4-5H2,1-3H3/t6-,7+,8?. The van der Waals surface area contributed by atoms with Crippen molar-refractivity contribution in [2.75, 3.05) is 6.54 Å². The molecule has 0 amide bonds. The second-order valence-corrected chi connectivity index (χ2v) is 3.20. The molecule has 0 aromatic carbocycles. The zero-order chi connectivity index (χ0) is 6.85. The second-order valence-electron chi connectivity index (χ2n) is 3.20. The minimum absolute atomic E-state index is 0.838. The molecule has 1 nitrogen and oxygen atoms in total. The van der Waals surface area contributed by atoms with Crippen LogP contribution in [0.15, 0.2) is 0 Å². The van der Waals surface area contributed by atoms with E-state index in [2.05, 4.69) is 26.1 Å². The van der Waals surface area contributed by atoms with Crippen LogP contribution in [0.3, 0.4) is 0 Å². The Morgan fingerprint density at radius 2 is 1.78 bits per heavy atom. The van der Waals surface area contributed by atoms with Gasteiger partial charge >= 0.3 is 0 Å². The Bertz CT molecular complexity index is 82.6. The van der Waals surface area contributed by atoms with E-state index in [0.717, 1.165) is 17.9 Å². The fourth-order valence-electron chi connectivity index (χ4n) is 1.35. The Balaban J connectivity index is 2.04. The van der Waals surface area contributed by atoms with Gasteiger partial charge in [0.2, 0.25) is 0 Å². The highest BCUT2D eigenvalue weighted by molar-refractivity contribution is 4.97. The maximum Gasteiger partial charge on any atom is 0.0125 e. The first kappa shape index (κ1) is 7.07. The molecule has 0 heterocycles. The first-order valence-electron chi connectivity index (χ1n) is 4.00. The fourth-order valence-corrected chi connectivity index (χ4v) is 1.35. The minimum Gasteiger partial charge on any atom is -0.313 e. The monoisotopic (exact) mass is 127 g/mol. The molecule has 0 aromatic rings. The van der Waals surface area contributed by atoms with Crippen molar-refractivity contribution in [3.05, 3.63) is 0 Å². The van der Waals surface area contributed by atoms with Gasteiger partial charge in [0, 0.05) is 6.04 Å². The molecule has 1 N–H and O–H groups in total. The van der Waals surface area contributed by atoms with Gasteiger partial charge < -0.3 is 5.32 Å². The molecule has 0 aliphatic heterocycles. The predicted octanol–water partition coefficient (Wildman–Crippen LogP) is 1.64. The molecule has 0 bridgehead atoms. The van der Waals surface area contributed by atoms with Crippen molar-refractivity contribution in [2.24, 2.45) is 11.8 Å². The zero-order valence-electron chi connectivity index (χ0n) is 6.65. The lowest BCUT2D eigenvalue weighted by Crippen LogP contribution is -2.19. The van der Waals surface area contributed by atoms with Crippen LogP contribution in [0.5, 0.6) is 0 Å². The predicted molar refractivity (Wildman–Crippen MR) is 40.4 cm³/mol. The molecule has 0 radical (unpaired) electrons. The van der Waals surface area contributed by atoms with E-state index in [1.807, 2.05) is 0 Å². The molecule has 1 fully saturated rings. The van der Waals surface area contributed by atoms with E-state index in [9.17, 15) is 0 Å². The van der Waals surface area contributed by atoms with Crippen LogP contribution >= 0.6 is 0 Å². The molecule has 1 aliphatic carbocycles. The molecule has 3 atom stereocenters. The lowest BCUT2D eigenvalue weighted by molar-refractivity contribution is 0.630. The van der Waals surface area contributed by atoms with Gasteiger partial charge in [0.05, 0.1) is 0 Å². The summed E-state index contributed by atoms with van der Waals surface area (Å²) < 4.78 is 0. The first-order chi connectivity index (χ1) is 4.27. The van der Waals surface area contributed by atoms with Crippen molar-refractivity contribution in [1.82, 2.24) is 5.32 Å². The lowest BCUT2D eigenvalue weighted by Gasteiger charge is -1.97. The van der Waals surface area contributed by atoms with Gasteiger partial charge in [-0.1, -0.05) is 20.8 Å². The van der Waals surface area contributed by atoms with Gasteiger partial charge in [-0.15, -0.1) is 0 Å². The van der Waals surface area contributed by atoms with Gasteiger partial charge in [0.25, 0.3) is 0 Å². The van der Waals surface area contributed by atoms with Crippen molar-refractivity contribution in [3.63, 3.8) is 0 Å². The molecule has 1 rings (SSSR count). The summed E-state index contributed by atoms with van der Waals surface area (Å²) in [5.74, 6) is 1.85. The summed E-state index contributed by atoms with van der Waals surface area (Å²) in [5, 5.41) is 3.51. The van der Waals surface area contributed by atoms with Crippen molar-refractivity contribution >= 4 is 0 Å². The highest BCUT2D eigenvalue weighted by Crippen LogP contribution is 2.37. The van der Waals surface area contributed by atoms with Crippen LogP contribution in [0.25, 0.3) is 0 Å². The van der Waals surface area contributed by atoms with Gasteiger partial charge in [0.1, 0.15) is 0 Å².